The Morgan fingerprint density at radius 3 is 2.00 bits per heavy atom. The van der Waals surface area contributed by atoms with Gasteiger partial charge >= 0.3 is 0 Å². The van der Waals surface area contributed by atoms with E-state index in [1.807, 2.05) is 11.8 Å². The summed E-state index contributed by atoms with van der Waals surface area (Å²) in [5.41, 5.74) is 0. The number of thioether (sulfide) groups is 1. The molecule has 0 amide bonds. The first kappa shape index (κ1) is 11.3. The lowest BCUT2D eigenvalue weighted by Crippen LogP contribution is -2.25. The van der Waals surface area contributed by atoms with Gasteiger partial charge in [-0.25, -0.2) is 0 Å². The Balaban J connectivity index is 3.61. The van der Waals surface area contributed by atoms with Crippen LogP contribution in [-0.2, 0) is 0 Å². The summed E-state index contributed by atoms with van der Waals surface area (Å²) in [6.45, 7) is 10.3. The molecule has 0 aromatic rings. The molecule has 0 saturated carbocycles. The molecule has 0 aliphatic carbocycles. The van der Waals surface area contributed by atoms with Gasteiger partial charge in [-0.2, -0.15) is 11.8 Å². The maximum atomic E-state index is 2.29. The molecule has 0 aliphatic rings. The number of rotatable bonds is 3. The van der Waals surface area contributed by atoms with Crippen LogP contribution in [0.3, 0.4) is 0 Å². The third-order valence-corrected chi connectivity index (χ3v) is 2.44. The lowest BCUT2D eigenvalue weighted by molar-refractivity contribution is 0.413. The molecule has 0 heterocycles. The van der Waals surface area contributed by atoms with E-state index in [2.05, 4.69) is 46.7 Å². The van der Waals surface area contributed by atoms with E-state index in [1.165, 1.54) is 6.54 Å². The average molecular weight is 175 g/mol. The second-order valence-corrected chi connectivity index (χ2v) is 6.57. The minimum Gasteiger partial charge on any atom is -0.308 e. The highest BCUT2D eigenvalue weighted by molar-refractivity contribution is 8.01. The first-order chi connectivity index (χ1) is 4.81. The van der Waals surface area contributed by atoms with Crippen LogP contribution in [0.4, 0.5) is 0 Å². The SMILES string of the molecule is CC(CN(C)C)SC(C)(C)C. The van der Waals surface area contributed by atoms with Crippen LogP contribution in [0, 0.1) is 0 Å². The van der Waals surface area contributed by atoms with Gasteiger partial charge in [0.2, 0.25) is 0 Å². The van der Waals surface area contributed by atoms with Crippen molar-refractivity contribution in [3.8, 4) is 0 Å². The van der Waals surface area contributed by atoms with Crippen LogP contribution in [0.2, 0.25) is 0 Å². The Morgan fingerprint density at radius 1 is 1.27 bits per heavy atom. The molecule has 0 spiro atoms. The van der Waals surface area contributed by atoms with Crippen molar-refractivity contribution >= 4 is 11.8 Å². The second-order valence-electron chi connectivity index (χ2n) is 4.30. The van der Waals surface area contributed by atoms with Crippen molar-refractivity contribution in [3.05, 3.63) is 0 Å². The van der Waals surface area contributed by atoms with Gasteiger partial charge in [0.05, 0.1) is 0 Å². The fraction of sp³-hybridized carbons (Fsp3) is 1.00. The Labute approximate surface area is 75.5 Å². The molecule has 0 aromatic heterocycles. The van der Waals surface area contributed by atoms with Crippen molar-refractivity contribution in [2.24, 2.45) is 0 Å². The summed E-state index contributed by atoms with van der Waals surface area (Å²) >= 11 is 2.04. The topological polar surface area (TPSA) is 3.24 Å². The van der Waals surface area contributed by atoms with Crippen LogP contribution in [0.25, 0.3) is 0 Å². The first-order valence-electron chi connectivity index (χ1n) is 4.14. The number of hydrogen-bond donors (Lipinski definition) is 0. The van der Waals surface area contributed by atoms with Gasteiger partial charge in [-0.1, -0.05) is 27.7 Å². The summed E-state index contributed by atoms with van der Waals surface area (Å²) in [5, 5.41) is 0.727. The van der Waals surface area contributed by atoms with Crippen molar-refractivity contribution in [1.82, 2.24) is 4.90 Å². The highest BCUT2D eigenvalue weighted by Crippen LogP contribution is 2.27. The van der Waals surface area contributed by atoms with Crippen molar-refractivity contribution in [3.63, 3.8) is 0 Å². The van der Waals surface area contributed by atoms with Crippen molar-refractivity contribution in [2.75, 3.05) is 20.6 Å². The van der Waals surface area contributed by atoms with E-state index in [1.54, 1.807) is 0 Å². The van der Waals surface area contributed by atoms with E-state index < -0.39 is 0 Å². The van der Waals surface area contributed by atoms with Crippen LogP contribution in [0.1, 0.15) is 27.7 Å². The standard InChI is InChI=1S/C9H21NS/c1-8(7-10(5)6)11-9(2,3)4/h8H,7H2,1-6H3. The molecule has 0 aliphatic heterocycles. The van der Waals surface area contributed by atoms with Gasteiger partial charge in [-0.3, -0.25) is 0 Å². The lowest BCUT2D eigenvalue weighted by atomic mass is 10.3. The van der Waals surface area contributed by atoms with Crippen LogP contribution in [-0.4, -0.2) is 35.5 Å². The molecular weight excluding hydrogens is 154 g/mol. The van der Waals surface area contributed by atoms with Gasteiger partial charge in [0, 0.05) is 16.5 Å². The van der Waals surface area contributed by atoms with E-state index in [0.29, 0.717) is 4.75 Å². The monoisotopic (exact) mass is 175 g/mol. The van der Waals surface area contributed by atoms with Gasteiger partial charge in [0.1, 0.15) is 0 Å². The highest BCUT2D eigenvalue weighted by Gasteiger charge is 2.15. The molecule has 0 saturated heterocycles. The molecule has 0 bridgehead atoms. The fourth-order valence-electron chi connectivity index (χ4n) is 1.16. The molecule has 2 heteroatoms. The van der Waals surface area contributed by atoms with Crippen LogP contribution < -0.4 is 0 Å². The third kappa shape index (κ3) is 8.21. The van der Waals surface area contributed by atoms with Crippen LogP contribution in [0.15, 0.2) is 0 Å². The Bertz CT molecular complexity index is 105. The summed E-state index contributed by atoms with van der Waals surface area (Å²) in [4.78, 5) is 2.24. The zero-order valence-corrected chi connectivity index (χ0v) is 9.46. The minimum atomic E-state index is 0.398. The van der Waals surface area contributed by atoms with Gasteiger partial charge < -0.3 is 4.90 Å². The summed E-state index contributed by atoms with van der Waals surface area (Å²) in [7, 11) is 4.25. The Hall–Kier alpha value is 0.310. The van der Waals surface area contributed by atoms with Crippen molar-refractivity contribution in [1.29, 1.82) is 0 Å². The fourth-order valence-corrected chi connectivity index (χ4v) is 2.73. The van der Waals surface area contributed by atoms with Crippen molar-refractivity contribution < 1.29 is 0 Å². The van der Waals surface area contributed by atoms with Gasteiger partial charge in [0.25, 0.3) is 0 Å². The minimum absolute atomic E-state index is 0.398. The smallest absolute Gasteiger partial charge is 0.0151 e. The van der Waals surface area contributed by atoms with Crippen LogP contribution >= 0.6 is 11.8 Å². The summed E-state index contributed by atoms with van der Waals surface area (Å²) < 4.78 is 0.398. The molecule has 0 radical (unpaired) electrons. The summed E-state index contributed by atoms with van der Waals surface area (Å²) in [6, 6.07) is 0. The van der Waals surface area contributed by atoms with E-state index in [9.17, 15) is 0 Å². The van der Waals surface area contributed by atoms with Gasteiger partial charge in [0.15, 0.2) is 0 Å². The van der Waals surface area contributed by atoms with E-state index in [4.69, 9.17) is 0 Å². The lowest BCUT2D eigenvalue weighted by Gasteiger charge is -2.24. The molecular formula is C9H21NS. The maximum absolute atomic E-state index is 2.29. The highest BCUT2D eigenvalue weighted by atomic mass is 32.2. The van der Waals surface area contributed by atoms with Gasteiger partial charge in [-0.05, 0) is 14.1 Å². The second kappa shape index (κ2) is 4.36. The van der Waals surface area contributed by atoms with Crippen molar-refractivity contribution in [2.45, 2.75) is 37.7 Å². The molecule has 68 valence electrons. The van der Waals surface area contributed by atoms with Crippen LogP contribution in [0.5, 0.6) is 0 Å². The molecule has 0 rings (SSSR count). The molecule has 1 unspecified atom stereocenters. The molecule has 11 heavy (non-hydrogen) atoms. The molecule has 0 N–H and O–H groups in total. The number of hydrogen-bond acceptors (Lipinski definition) is 2. The molecule has 1 atom stereocenters. The predicted molar refractivity (Wildman–Crippen MR) is 55.4 cm³/mol. The Kier molecular flexibility index (Phi) is 4.49. The summed E-state index contributed by atoms with van der Waals surface area (Å²) in [5.74, 6) is 0. The van der Waals surface area contributed by atoms with Gasteiger partial charge in [-0.15, -0.1) is 0 Å². The molecule has 1 nitrogen and oxygen atoms in total. The van der Waals surface area contributed by atoms with E-state index >= 15 is 0 Å². The normalized spacial score (nSPS) is 15.5. The quantitative estimate of drug-likeness (QED) is 0.648. The first-order valence-corrected chi connectivity index (χ1v) is 5.02. The third-order valence-electron chi connectivity index (χ3n) is 1.18. The zero-order chi connectivity index (χ0) is 9.07. The molecule has 0 fully saturated rings. The molecule has 0 aromatic carbocycles. The summed E-state index contributed by atoms with van der Waals surface area (Å²) in [6.07, 6.45) is 0. The zero-order valence-electron chi connectivity index (χ0n) is 8.64. The Morgan fingerprint density at radius 2 is 1.73 bits per heavy atom. The largest absolute Gasteiger partial charge is 0.308 e. The van der Waals surface area contributed by atoms with E-state index in [-0.39, 0.29) is 0 Å². The van der Waals surface area contributed by atoms with E-state index in [0.717, 1.165) is 5.25 Å². The predicted octanol–water partition coefficient (Wildman–Crippen LogP) is 2.47. The average Bonchev–Trinajstić information content (AvgIpc) is 1.53. The number of nitrogens with zero attached hydrogens (tertiary/aromatic N) is 1. The maximum Gasteiger partial charge on any atom is 0.0151 e.